The summed E-state index contributed by atoms with van der Waals surface area (Å²) in [6.45, 7) is 0.585. The van der Waals surface area contributed by atoms with Gasteiger partial charge >= 0.3 is 0 Å². The Kier molecular flexibility index (Phi) is 4.25. The van der Waals surface area contributed by atoms with Crippen LogP contribution in [0.1, 0.15) is 37.4 Å². The van der Waals surface area contributed by atoms with E-state index in [2.05, 4.69) is 10.1 Å². The van der Waals surface area contributed by atoms with Gasteiger partial charge in [-0.2, -0.15) is 4.98 Å². The summed E-state index contributed by atoms with van der Waals surface area (Å²) in [5, 5.41) is 3.87. The summed E-state index contributed by atoms with van der Waals surface area (Å²) in [6, 6.07) is 0. The van der Waals surface area contributed by atoms with Crippen molar-refractivity contribution in [2.45, 2.75) is 38.5 Å². The van der Waals surface area contributed by atoms with Crippen molar-refractivity contribution in [3.63, 3.8) is 0 Å². The molecule has 1 aromatic heterocycles. The lowest BCUT2D eigenvalue weighted by molar-refractivity contribution is -0.124. The Labute approximate surface area is 101 Å². The lowest BCUT2D eigenvalue weighted by atomic mass is 9.86. The van der Waals surface area contributed by atoms with Crippen LogP contribution in [0.2, 0.25) is 0 Å². The molecular weight excluding hydrogens is 220 g/mol. The molecular formula is C12H18N2O3. The molecule has 0 spiro atoms. The van der Waals surface area contributed by atoms with E-state index in [9.17, 15) is 4.79 Å². The fourth-order valence-electron chi connectivity index (χ4n) is 2.15. The number of ketones is 1. The molecule has 5 nitrogen and oxygen atoms in total. The van der Waals surface area contributed by atoms with E-state index >= 15 is 0 Å². The predicted octanol–water partition coefficient (Wildman–Crippen LogP) is 1.56. The highest BCUT2D eigenvalue weighted by molar-refractivity contribution is 5.81. The average Bonchev–Trinajstić information content (AvgIpc) is 2.77. The minimum absolute atomic E-state index is 0.0828. The van der Waals surface area contributed by atoms with Crippen molar-refractivity contribution in [3.05, 3.63) is 11.7 Å². The number of rotatable bonds is 5. The van der Waals surface area contributed by atoms with Crippen molar-refractivity contribution in [2.24, 2.45) is 5.92 Å². The topological polar surface area (TPSA) is 65.2 Å². The van der Waals surface area contributed by atoms with Crippen LogP contribution >= 0.6 is 0 Å². The Morgan fingerprint density at radius 2 is 2.35 bits per heavy atom. The molecule has 94 valence electrons. The number of carbonyl (C=O) groups is 1. The maximum Gasteiger partial charge on any atom is 0.227 e. The Hall–Kier alpha value is -1.23. The van der Waals surface area contributed by atoms with Crippen molar-refractivity contribution < 1.29 is 14.1 Å². The summed E-state index contributed by atoms with van der Waals surface area (Å²) in [5.74, 6) is 1.66. The van der Waals surface area contributed by atoms with Gasteiger partial charge in [-0.25, -0.2) is 0 Å². The Morgan fingerprint density at radius 3 is 3.12 bits per heavy atom. The smallest absolute Gasteiger partial charge is 0.227 e. The van der Waals surface area contributed by atoms with Crippen LogP contribution in [-0.2, 0) is 22.4 Å². The second kappa shape index (κ2) is 5.91. The largest absolute Gasteiger partial charge is 0.384 e. The molecule has 1 unspecified atom stereocenters. The zero-order valence-corrected chi connectivity index (χ0v) is 10.1. The Balaban J connectivity index is 1.89. The maximum absolute atomic E-state index is 11.7. The predicted molar refractivity (Wildman–Crippen MR) is 60.5 cm³/mol. The molecule has 2 rings (SSSR count). The van der Waals surface area contributed by atoms with Crippen LogP contribution in [-0.4, -0.2) is 29.6 Å². The van der Waals surface area contributed by atoms with Gasteiger partial charge in [-0.3, -0.25) is 4.79 Å². The van der Waals surface area contributed by atoms with E-state index < -0.39 is 0 Å². The molecule has 0 radical (unpaired) electrons. The Bertz CT molecular complexity index is 376. The number of Topliss-reactive ketones (excluding diaryl/α,β-unsaturated/α-hetero) is 1. The molecule has 0 bridgehead atoms. The second-order valence-corrected chi connectivity index (χ2v) is 4.46. The van der Waals surface area contributed by atoms with Crippen molar-refractivity contribution in [2.75, 3.05) is 13.7 Å². The fourth-order valence-corrected chi connectivity index (χ4v) is 2.15. The molecule has 0 aliphatic heterocycles. The van der Waals surface area contributed by atoms with Gasteiger partial charge in [0.1, 0.15) is 5.78 Å². The first-order valence-electron chi connectivity index (χ1n) is 6.12. The summed E-state index contributed by atoms with van der Waals surface area (Å²) in [7, 11) is 1.64. The number of aromatic nitrogens is 2. The summed E-state index contributed by atoms with van der Waals surface area (Å²) in [5.41, 5.74) is 0. The van der Waals surface area contributed by atoms with Crippen molar-refractivity contribution in [1.29, 1.82) is 0 Å². The van der Waals surface area contributed by atoms with Gasteiger partial charge in [-0.05, 0) is 12.8 Å². The highest BCUT2D eigenvalue weighted by atomic mass is 16.5. The van der Waals surface area contributed by atoms with Gasteiger partial charge in [0.2, 0.25) is 5.89 Å². The van der Waals surface area contributed by atoms with Crippen LogP contribution in [0.5, 0.6) is 0 Å². The van der Waals surface area contributed by atoms with Crippen LogP contribution in [0.3, 0.4) is 0 Å². The van der Waals surface area contributed by atoms with Crippen molar-refractivity contribution >= 4 is 5.78 Å². The van der Waals surface area contributed by atoms with E-state index in [1.54, 1.807) is 7.11 Å². The molecule has 1 aromatic rings. The van der Waals surface area contributed by atoms with E-state index in [1.165, 1.54) is 0 Å². The second-order valence-electron chi connectivity index (χ2n) is 4.46. The molecule has 0 N–H and O–H groups in total. The monoisotopic (exact) mass is 238 g/mol. The van der Waals surface area contributed by atoms with E-state index in [0.717, 1.165) is 19.3 Å². The van der Waals surface area contributed by atoms with Crippen molar-refractivity contribution in [1.82, 2.24) is 10.1 Å². The summed E-state index contributed by atoms with van der Waals surface area (Å²) in [4.78, 5) is 15.9. The highest BCUT2D eigenvalue weighted by Crippen LogP contribution is 2.23. The van der Waals surface area contributed by atoms with Gasteiger partial charge in [0.05, 0.1) is 6.61 Å². The molecule has 0 saturated heterocycles. The van der Waals surface area contributed by atoms with E-state index in [1.807, 2.05) is 0 Å². The first-order valence-corrected chi connectivity index (χ1v) is 6.12. The van der Waals surface area contributed by atoms with E-state index in [0.29, 0.717) is 43.4 Å². The first kappa shape index (κ1) is 12.2. The van der Waals surface area contributed by atoms with Crippen LogP contribution < -0.4 is 0 Å². The van der Waals surface area contributed by atoms with Crippen LogP contribution in [0.25, 0.3) is 0 Å². The number of ether oxygens (including phenoxy) is 1. The Morgan fingerprint density at radius 1 is 1.47 bits per heavy atom. The minimum atomic E-state index is 0.0828. The SMILES string of the molecule is COCCc1noc(CC2CCCCC2=O)n1. The molecule has 5 heteroatoms. The zero-order valence-electron chi connectivity index (χ0n) is 10.1. The third-order valence-electron chi connectivity index (χ3n) is 3.14. The fraction of sp³-hybridized carbons (Fsp3) is 0.750. The molecule has 0 amide bonds. The van der Waals surface area contributed by atoms with Gasteiger partial charge in [0.15, 0.2) is 5.82 Å². The zero-order chi connectivity index (χ0) is 12.1. The molecule has 1 saturated carbocycles. The molecule has 1 aliphatic rings. The van der Waals surface area contributed by atoms with E-state index in [4.69, 9.17) is 9.26 Å². The molecule has 0 aromatic carbocycles. The maximum atomic E-state index is 11.7. The lowest BCUT2D eigenvalue weighted by Crippen LogP contribution is -2.21. The first-order chi connectivity index (χ1) is 8.29. The average molecular weight is 238 g/mol. The molecule has 1 atom stereocenters. The highest BCUT2D eigenvalue weighted by Gasteiger charge is 2.24. The quantitative estimate of drug-likeness (QED) is 0.778. The number of hydrogen-bond acceptors (Lipinski definition) is 5. The summed E-state index contributed by atoms with van der Waals surface area (Å²) >= 11 is 0. The van der Waals surface area contributed by atoms with Gasteiger partial charge < -0.3 is 9.26 Å². The summed E-state index contributed by atoms with van der Waals surface area (Å²) in [6.07, 6.45) is 5.06. The van der Waals surface area contributed by atoms with Crippen LogP contribution in [0, 0.1) is 5.92 Å². The number of carbonyl (C=O) groups excluding carboxylic acids is 1. The number of nitrogens with zero attached hydrogens (tertiary/aromatic N) is 2. The lowest BCUT2D eigenvalue weighted by Gasteiger charge is -2.18. The minimum Gasteiger partial charge on any atom is -0.384 e. The van der Waals surface area contributed by atoms with Crippen LogP contribution in [0.4, 0.5) is 0 Å². The standard InChI is InChI=1S/C12H18N2O3/c1-16-7-6-11-13-12(17-14-11)8-9-4-2-3-5-10(9)15/h9H,2-8H2,1H3. The normalized spacial score (nSPS) is 20.8. The molecule has 1 aliphatic carbocycles. The third-order valence-corrected chi connectivity index (χ3v) is 3.14. The van der Waals surface area contributed by atoms with Gasteiger partial charge in [0, 0.05) is 32.3 Å². The van der Waals surface area contributed by atoms with Gasteiger partial charge in [-0.1, -0.05) is 11.6 Å². The van der Waals surface area contributed by atoms with Gasteiger partial charge in [0.25, 0.3) is 0 Å². The molecule has 1 fully saturated rings. The van der Waals surface area contributed by atoms with E-state index in [-0.39, 0.29) is 5.92 Å². The number of hydrogen-bond donors (Lipinski definition) is 0. The molecule has 1 heterocycles. The number of methoxy groups -OCH3 is 1. The molecule has 17 heavy (non-hydrogen) atoms. The van der Waals surface area contributed by atoms with Crippen molar-refractivity contribution in [3.8, 4) is 0 Å². The summed E-state index contributed by atoms with van der Waals surface area (Å²) < 4.78 is 10.1. The van der Waals surface area contributed by atoms with Gasteiger partial charge in [-0.15, -0.1) is 0 Å². The van der Waals surface area contributed by atoms with Crippen LogP contribution in [0.15, 0.2) is 4.52 Å². The third kappa shape index (κ3) is 3.36.